The van der Waals surface area contributed by atoms with E-state index < -0.39 is 0 Å². The van der Waals surface area contributed by atoms with Crippen molar-refractivity contribution in [1.82, 2.24) is 9.97 Å². The van der Waals surface area contributed by atoms with Gasteiger partial charge in [-0.15, -0.1) is 0 Å². The number of ether oxygens (including phenoxy) is 1. The van der Waals surface area contributed by atoms with Crippen molar-refractivity contribution in [2.75, 3.05) is 0 Å². The average molecular weight is 266 g/mol. The number of fused-ring (bicyclic) bond motifs is 1. The van der Waals surface area contributed by atoms with Crippen LogP contribution in [0.5, 0.6) is 5.75 Å². The molecule has 0 aliphatic heterocycles. The Balaban J connectivity index is 1.79. The summed E-state index contributed by atoms with van der Waals surface area (Å²) >= 11 is 0. The van der Waals surface area contributed by atoms with Crippen molar-refractivity contribution in [2.24, 2.45) is 0 Å². The second-order valence-corrected chi connectivity index (χ2v) is 4.42. The fourth-order valence-electron chi connectivity index (χ4n) is 2.03. The van der Waals surface area contributed by atoms with E-state index in [0.717, 1.165) is 16.5 Å². The molecule has 100 valence electrons. The highest BCUT2D eigenvalue weighted by Gasteiger charge is 2.02. The van der Waals surface area contributed by atoms with E-state index in [2.05, 4.69) is 9.97 Å². The molecule has 0 radical (unpaired) electrons. The highest BCUT2D eigenvalue weighted by atomic mass is 16.5. The van der Waals surface area contributed by atoms with Gasteiger partial charge in [0.1, 0.15) is 12.4 Å². The first-order chi connectivity index (χ1) is 9.86. The number of hydrogen-bond donors (Lipinski definition) is 1. The van der Waals surface area contributed by atoms with E-state index >= 15 is 0 Å². The third-order valence-electron chi connectivity index (χ3n) is 3.09. The maximum atomic E-state index is 8.94. The van der Waals surface area contributed by atoms with E-state index in [9.17, 15) is 0 Å². The first-order valence-corrected chi connectivity index (χ1v) is 6.38. The molecule has 2 aromatic heterocycles. The third kappa shape index (κ3) is 2.60. The molecule has 0 bridgehead atoms. The third-order valence-corrected chi connectivity index (χ3v) is 3.09. The SMILES string of the molecule is OCc1ccc(OCc2ccnc3ccccc23)cn1. The monoisotopic (exact) mass is 266 g/mol. The molecule has 0 saturated carbocycles. The summed E-state index contributed by atoms with van der Waals surface area (Å²) < 4.78 is 5.73. The molecule has 20 heavy (non-hydrogen) atoms. The van der Waals surface area contributed by atoms with Crippen LogP contribution in [0.2, 0.25) is 0 Å². The molecule has 3 rings (SSSR count). The van der Waals surface area contributed by atoms with Gasteiger partial charge in [0.15, 0.2) is 0 Å². The summed E-state index contributed by atoms with van der Waals surface area (Å²) in [6.07, 6.45) is 3.41. The molecule has 0 spiro atoms. The van der Waals surface area contributed by atoms with Gasteiger partial charge in [-0.25, -0.2) is 0 Å². The molecule has 3 aromatic rings. The van der Waals surface area contributed by atoms with Crippen molar-refractivity contribution in [1.29, 1.82) is 0 Å². The Morgan fingerprint density at radius 1 is 1.00 bits per heavy atom. The first kappa shape index (κ1) is 12.6. The standard InChI is InChI=1S/C16H14N2O2/c19-10-13-5-6-14(9-18-13)20-11-12-7-8-17-16-4-2-1-3-15(12)16/h1-9,19H,10-11H2. The number of aliphatic hydroxyl groups excluding tert-OH is 1. The van der Waals surface area contributed by atoms with Crippen molar-refractivity contribution in [2.45, 2.75) is 13.2 Å². The Morgan fingerprint density at radius 3 is 2.70 bits per heavy atom. The fraction of sp³-hybridized carbons (Fsp3) is 0.125. The molecule has 1 aromatic carbocycles. The van der Waals surface area contributed by atoms with Crippen LogP contribution < -0.4 is 4.74 Å². The summed E-state index contributed by atoms with van der Waals surface area (Å²) in [5.41, 5.74) is 2.68. The minimum Gasteiger partial charge on any atom is -0.487 e. The molecule has 0 amide bonds. The van der Waals surface area contributed by atoms with Gasteiger partial charge < -0.3 is 9.84 Å². The number of benzene rings is 1. The summed E-state index contributed by atoms with van der Waals surface area (Å²) in [5.74, 6) is 0.683. The Kier molecular flexibility index (Phi) is 3.56. The van der Waals surface area contributed by atoms with Gasteiger partial charge >= 0.3 is 0 Å². The zero-order valence-electron chi connectivity index (χ0n) is 10.9. The number of pyridine rings is 2. The number of aliphatic hydroxyl groups is 1. The maximum absolute atomic E-state index is 8.94. The smallest absolute Gasteiger partial charge is 0.138 e. The lowest BCUT2D eigenvalue weighted by atomic mass is 10.1. The molecule has 0 unspecified atom stereocenters. The average Bonchev–Trinajstić information content (AvgIpc) is 2.53. The van der Waals surface area contributed by atoms with Gasteiger partial charge in [0, 0.05) is 17.1 Å². The number of nitrogens with zero attached hydrogens (tertiary/aromatic N) is 2. The van der Waals surface area contributed by atoms with Crippen LogP contribution in [-0.2, 0) is 13.2 Å². The molecular formula is C16H14N2O2. The van der Waals surface area contributed by atoms with E-state index in [1.165, 1.54) is 0 Å². The Bertz CT molecular complexity index is 706. The highest BCUT2D eigenvalue weighted by Crippen LogP contribution is 2.18. The lowest BCUT2D eigenvalue weighted by Gasteiger charge is -2.08. The van der Waals surface area contributed by atoms with Gasteiger partial charge in [-0.2, -0.15) is 0 Å². The van der Waals surface area contributed by atoms with E-state index in [1.54, 1.807) is 18.5 Å². The van der Waals surface area contributed by atoms with Gasteiger partial charge in [-0.1, -0.05) is 18.2 Å². The van der Waals surface area contributed by atoms with Crippen LogP contribution in [0.15, 0.2) is 54.9 Å². The Hall–Kier alpha value is -2.46. The summed E-state index contributed by atoms with van der Waals surface area (Å²) in [7, 11) is 0. The lowest BCUT2D eigenvalue weighted by molar-refractivity contribution is 0.275. The summed E-state index contributed by atoms with van der Waals surface area (Å²) in [6.45, 7) is 0.401. The number of para-hydroxylation sites is 1. The van der Waals surface area contributed by atoms with Crippen molar-refractivity contribution in [3.05, 3.63) is 66.1 Å². The minimum absolute atomic E-state index is 0.0602. The number of rotatable bonds is 4. The van der Waals surface area contributed by atoms with Crippen LogP contribution in [-0.4, -0.2) is 15.1 Å². The molecule has 4 heteroatoms. The number of hydrogen-bond acceptors (Lipinski definition) is 4. The zero-order chi connectivity index (χ0) is 13.8. The minimum atomic E-state index is -0.0602. The normalized spacial score (nSPS) is 10.7. The summed E-state index contributed by atoms with van der Waals surface area (Å²) in [4.78, 5) is 8.41. The van der Waals surface area contributed by atoms with E-state index in [0.29, 0.717) is 18.1 Å². The van der Waals surface area contributed by atoms with Gasteiger partial charge in [-0.05, 0) is 24.3 Å². The van der Waals surface area contributed by atoms with Gasteiger partial charge in [0.25, 0.3) is 0 Å². The maximum Gasteiger partial charge on any atom is 0.138 e. The molecule has 2 heterocycles. The molecule has 1 N–H and O–H groups in total. The van der Waals surface area contributed by atoms with Gasteiger partial charge in [-0.3, -0.25) is 9.97 Å². The van der Waals surface area contributed by atoms with E-state index in [1.807, 2.05) is 36.4 Å². The van der Waals surface area contributed by atoms with Crippen LogP contribution in [0.1, 0.15) is 11.3 Å². The zero-order valence-corrected chi connectivity index (χ0v) is 10.9. The topological polar surface area (TPSA) is 55.2 Å². The lowest BCUT2D eigenvalue weighted by Crippen LogP contribution is -1.98. The molecule has 4 nitrogen and oxygen atoms in total. The van der Waals surface area contributed by atoms with Crippen LogP contribution in [0.3, 0.4) is 0 Å². The highest BCUT2D eigenvalue weighted by molar-refractivity contribution is 5.81. The largest absolute Gasteiger partial charge is 0.487 e. The molecule has 0 fully saturated rings. The predicted molar refractivity (Wildman–Crippen MR) is 76.2 cm³/mol. The second-order valence-electron chi connectivity index (χ2n) is 4.42. The van der Waals surface area contributed by atoms with Crippen LogP contribution in [0, 0.1) is 0 Å². The van der Waals surface area contributed by atoms with Crippen molar-refractivity contribution < 1.29 is 9.84 Å². The Labute approximate surface area is 116 Å². The Morgan fingerprint density at radius 2 is 1.90 bits per heavy atom. The second kappa shape index (κ2) is 5.67. The van der Waals surface area contributed by atoms with Crippen molar-refractivity contribution >= 4 is 10.9 Å². The van der Waals surface area contributed by atoms with Gasteiger partial charge in [0.05, 0.1) is 24.0 Å². The van der Waals surface area contributed by atoms with Crippen LogP contribution in [0.4, 0.5) is 0 Å². The van der Waals surface area contributed by atoms with E-state index in [-0.39, 0.29) is 6.61 Å². The van der Waals surface area contributed by atoms with Crippen LogP contribution in [0.25, 0.3) is 10.9 Å². The molecular weight excluding hydrogens is 252 g/mol. The molecule has 0 aliphatic rings. The summed E-state index contributed by atoms with van der Waals surface area (Å²) in [6, 6.07) is 13.5. The molecule has 0 saturated heterocycles. The summed E-state index contributed by atoms with van der Waals surface area (Å²) in [5, 5.41) is 10.0. The van der Waals surface area contributed by atoms with Crippen molar-refractivity contribution in [3.63, 3.8) is 0 Å². The first-order valence-electron chi connectivity index (χ1n) is 6.38. The molecule has 0 aliphatic carbocycles. The fourth-order valence-corrected chi connectivity index (χ4v) is 2.03. The van der Waals surface area contributed by atoms with Crippen LogP contribution >= 0.6 is 0 Å². The number of aromatic nitrogens is 2. The van der Waals surface area contributed by atoms with Gasteiger partial charge in [0.2, 0.25) is 0 Å². The molecule has 0 atom stereocenters. The van der Waals surface area contributed by atoms with Crippen molar-refractivity contribution in [3.8, 4) is 5.75 Å². The quantitative estimate of drug-likeness (QED) is 0.788. The predicted octanol–water partition coefficient (Wildman–Crippen LogP) is 2.70. The van der Waals surface area contributed by atoms with E-state index in [4.69, 9.17) is 9.84 Å².